The second-order valence-corrected chi connectivity index (χ2v) is 4.62. The molecule has 5 nitrogen and oxygen atoms in total. The molecule has 6 heteroatoms. The van der Waals surface area contributed by atoms with E-state index in [1.54, 1.807) is 0 Å². The molecule has 0 heterocycles. The Kier molecular flexibility index (Phi) is 3.13. The fourth-order valence-electron chi connectivity index (χ4n) is 1.99. The fraction of sp³-hybridized carbons (Fsp3) is 0.417. The molecular formula is C12H15FN2O3. The molecule has 1 aliphatic rings. The van der Waals surface area contributed by atoms with Crippen molar-refractivity contribution in [3.05, 3.63) is 23.5 Å². The maximum atomic E-state index is 13.2. The van der Waals surface area contributed by atoms with Crippen LogP contribution in [0.5, 0.6) is 0 Å². The predicted molar refractivity (Wildman–Crippen MR) is 65.1 cm³/mol. The van der Waals surface area contributed by atoms with Gasteiger partial charge in [-0.05, 0) is 31.4 Å². The first-order chi connectivity index (χ1) is 8.43. The Morgan fingerprint density at radius 3 is 2.67 bits per heavy atom. The quantitative estimate of drug-likeness (QED) is 0.610. The number of rotatable bonds is 4. The van der Waals surface area contributed by atoms with E-state index in [1.807, 2.05) is 0 Å². The van der Waals surface area contributed by atoms with Crippen molar-refractivity contribution in [2.24, 2.45) is 0 Å². The van der Waals surface area contributed by atoms with E-state index in [0.717, 1.165) is 12.5 Å². The largest absolute Gasteiger partial charge is 0.478 e. The van der Waals surface area contributed by atoms with Gasteiger partial charge in [0.2, 0.25) is 0 Å². The smallest absolute Gasteiger partial charge is 0.340 e. The lowest BCUT2D eigenvalue weighted by Gasteiger charge is -2.37. The Hall–Kier alpha value is -1.82. The maximum Gasteiger partial charge on any atom is 0.340 e. The average molecular weight is 254 g/mol. The van der Waals surface area contributed by atoms with Gasteiger partial charge in [-0.3, -0.25) is 0 Å². The van der Waals surface area contributed by atoms with Crippen LogP contribution >= 0.6 is 0 Å². The summed E-state index contributed by atoms with van der Waals surface area (Å²) in [5.74, 6) is -2.06. The van der Waals surface area contributed by atoms with Gasteiger partial charge in [0, 0.05) is 6.54 Å². The van der Waals surface area contributed by atoms with Crippen molar-refractivity contribution in [3.8, 4) is 0 Å². The molecule has 5 N–H and O–H groups in total. The van der Waals surface area contributed by atoms with E-state index in [1.165, 1.54) is 6.07 Å². The molecule has 0 bridgehead atoms. The van der Waals surface area contributed by atoms with Gasteiger partial charge in [-0.1, -0.05) is 0 Å². The van der Waals surface area contributed by atoms with E-state index in [9.17, 15) is 14.3 Å². The first kappa shape index (κ1) is 12.6. The highest BCUT2D eigenvalue weighted by Gasteiger charge is 2.34. The number of hydrogen-bond acceptors (Lipinski definition) is 4. The second-order valence-electron chi connectivity index (χ2n) is 4.62. The summed E-state index contributed by atoms with van der Waals surface area (Å²) in [4.78, 5) is 11.1. The molecule has 18 heavy (non-hydrogen) atoms. The Morgan fingerprint density at radius 1 is 1.50 bits per heavy atom. The molecule has 0 aromatic heterocycles. The summed E-state index contributed by atoms with van der Waals surface area (Å²) in [5.41, 5.74) is 4.15. The molecule has 1 aromatic carbocycles. The molecule has 1 aliphatic carbocycles. The van der Waals surface area contributed by atoms with Crippen molar-refractivity contribution in [3.63, 3.8) is 0 Å². The van der Waals surface area contributed by atoms with E-state index in [4.69, 9.17) is 10.8 Å². The number of carbonyl (C=O) groups is 1. The number of nitrogen functional groups attached to an aromatic ring is 1. The Morgan fingerprint density at radius 2 is 2.17 bits per heavy atom. The number of nitrogens with two attached hydrogens (primary N) is 1. The van der Waals surface area contributed by atoms with Gasteiger partial charge in [0.15, 0.2) is 0 Å². The molecule has 0 unspecified atom stereocenters. The van der Waals surface area contributed by atoms with Crippen molar-refractivity contribution in [1.29, 1.82) is 0 Å². The zero-order valence-corrected chi connectivity index (χ0v) is 9.74. The van der Waals surface area contributed by atoms with Crippen molar-refractivity contribution in [1.82, 2.24) is 0 Å². The Bertz CT molecular complexity index is 486. The molecule has 0 amide bonds. The number of aromatic carboxylic acids is 1. The van der Waals surface area contributed by atoms with Crippen LogP contribution in [0.15, 0.2) is 12.1 Å². The van der Waals surface area contributed by atoms with Gasteiger partial charge < -0.3 is 21.3 Å². The zero-order valence-electron chi connectivity index (χ0n) is 9.74. The molecule has 1 fully saturated rings. The van der Waals surface area contributed by atoms with E-state index in [0.29, 0.717) is 12.8 Å². The second kappa shape index (κ2) is 4.45. The van der Waals surface area contributed by atoms with E-state index in [2.05, 4.69) is 5.32 Å². The van der Waals surface area contributed by atoms with Crippen LogP contribution in [0.2, 0.25) is 0 Å². The first-order valence-electron chi connectivity index (χ1n) is 5.70. The first-order valence-corrected chi connectivity index (χ1v) is 5.70. The number of benzene rings is 1. The van der Waals surface area contributed by atoms with Crippen LogP contribution in [0, 0.1) is 5.82 Å². The normalized spacial score (nSPS) is 17.0. The van der Waals surface area contributed by atoms with Gasteiger partial charge in [-0.15, -0.1) is 0 Å². The third-order valence-electron chi connectivity index (χ3n) is 3.30. The highest BCUT2D eigenvalue weighted by atomic mass is 19.1. The number of carboxylic acid groups (broad SMARTS) is 1. The lowest BCUT2D eigenvalue weighted by molar-refractivity contribution is -0.0202. The molecule has 1 saturated carbocycles. The lowest BCUT2D eigenvalue weighted by atomic mass is 9.80. The van der Waals surface area contributed by atoms with Crippen LogP contribution in [0.4, 0.5) is 15.8 Å². The average Bonchev–Trinajstić information content (AvgIpc) is 2.27. The highest BCUT2D eigenvalue weighted by Crippen LogP contribution is 2.33. The van der Waals surface area contributed by atoms with Crippen molar-refractivity contribution in [2.45, 2.75) is 24.9 Å². The number of halogens is 1. The maximum absolute atomic E-state index is 13.2. The van der Waals surface area contributed by atoms with Gasteiger partial charge in [0.25, 0.3) is 0 Å². The number of nitrogens with one attached hydrogen (secondary N) is 1. The van der Waals surface area contributed by atoms with Gasteiger partial charge in [-0.2, -0.15) is 0 Å². The molecule has 0 aliphatic heterocycles. The minimum absolute atomic E-state index is 0.224. The van der Waals surface area contributed by atoms with E-state index >= 15 is 0 Å². The third-order valence-corrected chi connectivity index (χ3v) is 3.30. The summed E-state index contributed by atoms with van der Waals surface area (Å²) in [5, 5.41) is 21.8. The van der Waals surface area contributed by atoms with E-state index < -0.39 is 23.1 Å². The fourth-order valence-corrected chi connectivity index (χ4v) is 1.99. The topological polar surface area (TPSA) is 95.6 Å². The molecule has 0 atom stereocenters. The van der Waals surface area contributed by atoms with Crippen LogP contribution in [0.1, 0.15) is 29.6 Å². The molecule has 1 aromatic rings. The van der Waals surface area contributed by atoms with Crippen LogP contribution in [-0.2, 0) is 0 Å². The van der Waals surface area contributed by atoms with Crippen LogP contribution in [0.3, 0.4) is 0 Å². The molecule has 0 saturated heterocycles. The standard InChI is InChI=1S/C12H15FN2O3/c13-7-2-3-8(9(10(7)14)11(16)17)15-6-12(18)4-1-5-12/h2-3,15,18H,1,4-6,14H2,(H,16,17). The third kappa shape index (κ3) is 2.24. The number of hydrogen-bond donors (Lipinski definition) is 4. The summed E-state index contributed by atoms with van der Waals surface area (Å²) < 4.78 is 13.2. The lowest BCUT2D eigenvalue weighted by Crippen LogP contribution is -2.43. The molecule has 0 radical (unpaired) electrons. The van der Waals surface area contributed by atoms with Crippen molar-refractivity contribution in [2.75, 3.05) is 17.6 Å². The van der Waals surface area contributed by atoms with Gasteiger partial charge in [0.1, 0.15) is 11.4 Å². The predicted octanol–water partition coefficient (Wildman–Crippen LogP) is 1.43. The minimum atomic E-state index is -1.30. The van der Waals surface area contributed by atoms with Crippen LogP contribution in [0.25, 0.3) is 0 Å². The summed E-state index contributed by atoms with van der Waals surface area (Å²) >= 11 is 0. The summed E-state index contributed by atoms with van der Waals surface area (Å²) in [6.07, 6.45) is 2.31. The molecule has 2 rings (SSSR count). The zero-order chi connectivity index (χ0) is 13.3. The van der Waals surface area contributed by atoms with Crippen molar-refractivity contribution >= 4 is 17.3 Å². The Balaban J connectivity index is 2.21. The van der Waals surface area contributed by atoms with Gasteiger partial charge in [0.05, 0.1) is 17.0 Å². The van der Waals surface area contributed by atoms with E-state index in [-0.39, 0.29) is 17.8 Å². The number of aliphatic hydroxyl groups is 1. The van der Waals surface area contributed by atoms with Crippen LogP contribution in [-0.4, -0.2) is 28.3 Å². The number of carboxylic acids is 1. The summed E-state index contributed by atoms with van der Waals surface area (Å²) in [6, 6.07) is 2.42. The van der Waals surface area contributed by atoms with Gasteiger partial charge in [-0.25, -0.2) is 9.18 Å². The molecule has 0 spiro atoms. The van der Waals surface area contributed by atoms with Crippen LogP contribution < -0.4 is 11.1 Å². The summed E-state index contributed by atoms with van der Waals surface area (Å²) in [6.45, 7) is 0.234. The number of anilines is 2. The monoisotopic (exact) mass is 254 g/mol. The molecular weight excluding hydrogens is 239 g/mol. The SMILES string of the molecule is Nc1c(F)ccc(NCC2(O)CCC2)c1C(=O)O. The highest BCUT2D eigenvalue weighted by molar-refractivity contribution is 6.00. The molecule has 98 valence electrons. The summed E-state index contributed by atoms with van der Waals surface area (Å²) in [7, 11) is 0. The van der Waals surface area contributed by atoms with Gasteiger partial charge >= 0.3 is 5.97 Å². The van der Waals surface area contributed by atoms with Crippen molar-refractivity contribution < 1.29 is 19.4 Å². The minimum Gasteiger partial charge on any atom is -0.478 e. The Labute approximate surface area is 103 Å².